The van der Waals surface area contributed by atoms with Crippen molar-refractivity contribution in [1.29, 1.82) is 0 Å². The average Bonchev–Trinajstić information content (AvgIpc) is 2.25. The van der Waals surface area contributed by atoms with Gasteiger partial charge in [0.2, 0.25) is 0 Å². The SMILES string of the molecule is NCCO.O=S(=O)(O)C(F)(F)C(F)(F)C(F)(F)C(F)(F)F. The maximum Gasteiger partial charge on any atom is 0.460 e. The Morgan fingerprint density at radius 1 is 0.857 bits per heavy atom. The largest absolute Gasteiger partial charge is 0.460 e. The zero-order valence-electron chi connectivity index (χ0n) is 9.51. The van der Waals surface area contributed by atoms with E-state index in [2.05, 4.69) is 0 Å². The van der Waals surface area contributed by atoms with Gasteiger partial charge in [-0.25, -0.2) is 0 Å². The first-order chi connectivity index (χ1) is 8.91. The highest BCUT2D eigenvalue weighted by atomic mass is 32.2. The second-order valence-corrected chi connectivity index (χ2v) is 4.61. The van der Waals surface area contributed by atoms with Crippen molar-refractivity contribution in [2.24, 2.45) is 5.73 Å². The zero-order chi connectivity index (χ0) is 17.9. The fraction of sp³-hybridized carbons (Fsp3) is 1.00. The second kappa shape index (κ2) is 6.53. The summed E-state index contributed by atoms with van der Waals surface area (Å²) in [6.45, 7) is 0.472. The second-order valence-electron chi connectivity index (χ2n) is 3.15. The van der Waals surface area contributed by atoms with E-state index in [4.69, 9.17) is 15.4 Å². The molecule has 0 unspecified atom stereocenters. The lowest BCUT2D eigenvalue weighted by Gasteiger charge is -2.31. The molecule has 0 aliphatic rings. The molecule has 0 fully saturated rings. The molecular weight excluding hydrogens is 353 g/mol. The molecule has 0 aliphatic heterocycles. The molecule has 5 nitrogen and oxygen atoms in total. The predicted molar refractivity (Wildman–Crippen MR) is 48.6 cm³/mol. The molecule has 0 radical (unpaired) electrons. The Morgan fingerprint density at radius 2 is 1.14 bits per heavy atom. The van der Waals surface area contributed by atoms with Crippen molar-refractivity contribution in [2.75, 3.05) is 13.2 Å². The van der Waals surface area contributed by atoms with E-state index in [1.54, 1.807) is 0 Å². The standard InChI is InChI=1S/C4HF9O3S.C2H7NO/c5-1(6,3(9,10)11)2(7,8)4(12,13)17(14,15)16;3-1-2-4/h(H,14,15,16);4H,1-3H2. The first-order valence-corrected chi connectivity index (χ1v) is 5.84. The van der Waals surface area contributed by atoms with Gasteiger partial charge in [0, 0.05) is 6.54 Å². The zero-order valence-corrected chi connectivity index (χ0v) is 10.3. The maximum absolute atomic E-state index is 12.2. The number of aliphatic hydroxyl groups excluding tert-OH is 1. The normalized spacial score (nSPS) is 14.5. The summed E-state index contributed by atoms with van der Waals surface area (Å²) in [4.78, 5) is 0. The smallest absolute Gasteiger partial charge is 0.395 e. The third kappa shape index (κ3) is 4.33. The van der Waals surface area contributed by atoms with E-state index in [1.165, 1.54) is 0 Å². The summed E-state index contributed by atoms with van der Waals surface area (Å²) in [6.07, 6.45) is -7.13. The molecule has 0 saturated heterocycles. The topological polar surface area (TPSA) is 101 Å². The molecule has 0 heterocycles. The van der Waals surface area contributed by atoms with E-state index in [0.29, 0.717) is 6.54 Å². The molecule has 4 N–H and O–H groups in total. The third-order valence-electron chi connectivity index (χ3n) is 1.57. The van der Waals surface area contributed by atoms with Gasteiger partial charge < -0.3 is 10.8 Å². The van der Waals surface area contributed by atoms with Crippen LogP contribution in [-0.2, 0) is 10.1 Å². The molecule has 15 heteroatoms. The van der Waals surface area contributed by atoms with Crippen LogP contribution in [0.15, 0.2) is 0 Å². The highest BCUT2D eigenvalue weighted by Gasteiger charge is 2.85. The molecule has 130 valence electrons. The van der Waals surface area contributed by atoms with Crippen molar-refractivity contribution in [3.63, 3.8) is 0 Å². The van der Waals surface area contributed by atoms with Crippen LogP contribution in [0.5, 0.6) is 0 Å². The van der Waals surface area contributed by atoms with Gasteiger partial charge in [0.15, 0.2) is 0 Å². The van der Waals surface area contributed by atoms with Crippen LogP contribution >= 0.6 is 0 Å². The van der Waals surface area contributed by atoms with Crippen molar-refractivity contribution in [3.05, 3.63) is 0 Å². The lowest BCUT2D eigenvalue weighted by atomic mass is 10.1. The van der Waals surface area contributed by atoms with E-state index < -0.39 is 33.4 Å². The van der Waals surface area contributed by atoms with Crippen molar-refractivity contribution >= 4 is 10.1 Å². The molecular formula is C6H8F9NO4S. The van der Waals surface area contributed by atoms with Gasteiger partial charge in [-0.15, -0.1) is 0 Å². The molecule has 21 heavy (non-hydrogen) atoms. The minimum atomic E-state index is -7.37. The molecule has 0 spiro atoms. The van der Waals surface area contributed by atoms with Crippen molar-refractivity contribution in [1.82, 2.24) is 0 Å². The summed E-state index contributed by atoms with van der Waals surface area (Å²) in [6, 6.07) is 0. The lowest BCUT2D eigenvalue weighted by Crippen LogP contribution is -2.63. The maximum atomic E-state index is 12.2. The molecule has 0 amide bonds. The number of rotatable bonds is 4. The van der Waals surface area contributed by atoms with Gasteiger partial charge in [-0.3, -0.25) is 4.55 Å². The Kier molecular flexibility index (Phi) is 6.99. The Labute approximate surface area is 111 Å². The summed E-state index contributed by atoms with van der Waals surface area (Å²) < 4.78 is 134. The van der Waals surface area contributed by atoms with Crippen LogP contribution in [0.4, 0.5) is 39.5 Å². The van der Waals surface area contributed by atoms with Gasteiger partial charge in [-0.2, -0.15) is 47.9 Å². The van der Waals surface area contributed by atoms with Crippen LogP contribution in [0.25, 0.3) is 0 Å². The van der Waals surface area contributed by atoms with Crippen molar-refractivity contribution in [3.8, 4) is 0 Å². The van der Waals surface area contributed by atoms with E-state index >= 15 is 0 Å². The van der Waals surface area contributed by atoms with Gasteiger partial charge in [-0.05, 0) is 0 Å². The lowest BCUT2D eigenvalue weighted by molar-refractivity contribution is -0.382. The van der Waals surface area contributed by atoms with Gasteiger partial charge in [0.25, 0.3) is 0 Å². The highest BCUT2D eigenvalue weighted by molar-refractivity contribution is 7.87. The number of halogens is 9. The van der Waals surface area contributed by atoms with Gasteiger partial charge in [-0.1, -0.05) is 0 Å². The summed E-state index contributed by atoms with van der Waals surface area (Å²) in [5.74, 6) is -14.7. The fourth-order valence-electron chi connectivity index (χ4n) is 0.523. The van der Waals surface area contributed by atoms with Gasteiger partial charge >= 0.3 is 33.4 Å². The van der Waals surface area contributed by atoms with Crippen LogP contribution in [0.3, 0.4) is 0 Å². The highest BCUT2D eigenvalue weighted by Crippen LogP contribution is 2.54. The molecule has 0 bridgehead atoms. The Balaban J connectivity index is 0. The molecule has 0 aliphatic carbocycles. The predicted octanol–water partition coefficient (Wildman–Crippen LogP) is 1.24. The first kappa shape index (κ1) is 22.5. The average molecular weight is 361 g/mol. The minimum absolute atomic E-state index is 0.0972. The number of nitrogens with two attached hydrogens (primary N) is 1. The summed E-state index contributed by atoms with van der Waals surface area (Å²) >= 11 is 0. The van der Waals surface area contributed by atoms with E-state index in [0.717, 1.165) is 0 Å². The van der Waals surface area contributed by atoms with Crippen LogP contribution in [0, 0.1) is 0 Å². The molecule has 0 aromatic carbocycles. The molecule has 0 rings (SSSR count). The van der Waals surface area contributed by atoms with Crippen LogP contribution in [-0.4, -0.2) is 54.5 Å². The Morgan fingerprint density at radius 3 is 1.29 bits per heavy atom. The Hall–Kier alpha value is -0.800. The van der Waals surface area contributed by atoms with E-state index in [9.17, 15) is 47.9 Å². The van der Waals surface area contributed by atoms with Crippen LogP contribution in [0.1, 0.15) is 0 Å². The number of hydrogen-bond donors (Lipinski definition) is 3. The van der Waals surface area contributed by atoms with Crippen molar-refractivity contribution < 1.29 is 57.6 Å². The number of aliphatic hydroxyl groups is 1. The number of alkyl halides is 9. The molecule has 0 saturated carbocycles. The first-order valence-electron chi connectivity index (χ1n) is 4.40. The fourth-order valence-corrected chi connectivity index (χ4v) is 0.975. The van der Waals surface area contributed by atoms with Crippen LogP contribution < -0.4 is 5.73 Å². The number of hydrogen-bond acceptors (Lipinski definition) is 4. The van der Waals surface area contributed by atoms with Gasteiger partial charge in [0.05, 0.1) is 6.61 Å². The van der Waals surface area contributed by atoms with E-state index in [1.807, 2.05) is 0 Å². The summed E-state index contributed by atoms with van der Waals surface area (Å²) in [7, 11) is -7.17. The molecule has 0 aromatic heterocycles. The quantitative estimate of drug-likeness (QED) is 0.517. The van der Waals surface area contributed by atoms with Gasteiger partial charge in [0.1, 0.15) is 0 Å². The molecule has 0 aromatic rings. The minimum Gasteiger partial charge on any atom is -0.395 e. The monoisotopic (exact) mass is 361 g/mol. The van der Waals surface area contributed by atoms with E-state index in [-0.39, 0.29) is 6.61 Å². The summed E-state index contributed by atoms with van der Waals surface area (Å²) in [5, 5.41) is 0.749. The third-order valence-corrected chi connectivity index (χ3v) is 2.47. The summed E-state index contributed by atoms with van der Waals surface area (Å²) in [5.41, 5.74) is 4.78. The molecule has 0 atom stereocenters. The Bertz CT molecular complexity index is 430. The van der Waals surface area contributed by atoms with Crippen LogP contribution in [0.2, 0.25) is 0 Å². The van der Waals surface area contributed by atoms with Crippen molar-refractivity contribution in [2.45, 2.75) is 23.3 Å².